The van der Waals surface area contributed by atoms with Gasteiger partial charge in [-0.1, -0.05) is 6.92 Å². The van der Waals surface area contributed by atoms with Gasteiger partial charge in [-0.3, -0.25) is 0 Å². The first-order chi connectivity index (χ1) is 4.62. The van der Waals surface area contributed by atoms with Gasteiger partial charge in [0.05, 0.1) is 0 Å². The lowest BCUT2D eigenvalue weighted by Crippen LogP contribution is -2.33. The Kier molecular flexibility index (Phi) is 1.16. The molecule has 0 aromatic rings. The summed E-state index contributed by atoms with van der Waals surface area (Å²) in [7, 11) is 0. The van der Waals surface area contributed by atoms with E-state index in [2.05, 4.69) is 6.92 Å². The lowest BCUT2D eigenvalue weighted by Gasteiger charge is -2.31. The van der Waals surface area contributed by atoms with Gasteiger partial charge in [-0.2, -0.15) is 0 Å². The molecule has 2 aliphatic rings. The zero-order valence-corrected chi connectivity index (χ0v) is 6.73. The highest BCUT2D eigenvalue weighted by atomic mass is 19.1. The molecular weight excluding hydrogens is 127 g/mol. The summed E-state index contributed by atoms with van der Waals surface area (Å²) >= 11 is 0. The molecule has 0 saturated heterocycles. The minimum atomic E-state index is -0.830. The second-order valence-electron chi connectivity index (χ2n) is 4.21. The number of rotatable bonds is 0. The smallest absolute Gasteiger partial charge is 0.113 e. The van der Waals surface area contributed by atoms with Crippen molar-refractivity contribution in [2.45, 2.75) is 38.8 Å². The Balaban J connectivity index is 2.25. The maximum atomic E-state index is 13.7. The lowest BCUT2D eigenvalue weighted by molar-refractivity contribution is 0.0537. The van der Waals surface area contributed by atoms with Crippen LogP contribution < -0.4 is 0 Å². The number of fused-ring (bicyclic) bond motifs is 2. The average Bonchev–Trinajstić information content (AvgIpc) is 2.37. The van der Waals surface area contributed by atoms with E-state index in [1.165, 1.54) is 6.42 Å². The van der Waals surface area contributed by atoms with Crippen LogP contribution in [0.15, 0.2) is 0 Å². The van der Waals surface area contributed by atoms with Crippen molar-refractivity contribution < 1.29 is 4.39 Å². The quantitative estimate of drug-likeness (QED) is 0.488. The summed E-state index contributed by atoms with van der Waals surface area (Å²) in [4.78, 5) is 0. The molecule has 0 heterocycles. The Morgan fingerprint density at radius 2 is 2.10 bits per heavy atom. The van der Waals surface area contributed by atoms with E-state index in [9.17, 15) is 4.39 Å². The topological polar surface area (TPSA) is 0 Å². The van der Waals surface area contributed by atoms with E-state index in [0.29, 0.717) is 17.8 Å². The third kappa shape index (κ3) is 0.613. The SMILES string of the molecule is CC1C2CCC(C2)C1(C)F. The van der Waals surface area contributed by atoms with Crippen molar-refractivity contribution in [3.8, 4) is 0 Å². The van der Waals surface area contributed by atoms with E-state index in [0.717, 1.165) is 12.8 Å². The van der Waals surface area contributed by atoms with Gasteiger partial charge in [-0.05, 0) is 43.9 Å². The largest absolute Gasteiger partial charge is 0.244 e. The molecule has 0 aliphatic heterocycles. The van der Waals surface area contributed by atoms with Crippen LogP contribution in [0.2, 0.25) is 0 Å². The summed E-state index contributed by atoms with van der Waals surface area (Å²) in [6.45, 7) is 3.87. The van der Waals surface area contributed by atoms with Crippen LogP contribution in [0, 0.1) is 17.8 Å². The molecule has 58 valence electrons. The molecule has 2 bridgehead atoms. The fourth-order valence-corrected chi connectivity index (χ4v) is 2.82. The van der Waals surface area contributed by atoms with Crippen molar-refractivity contribution in [1.29, 1.82) is 0 Å². The van der Waals surface area contributed by atoms with Crippen LogP contribution in [0.3, 0.4) is 0 Å². The number of halogens is 1. The standard InChI is InChI=1S/C9H15F/c1-6-7-3-4-8(5-7)9(6,2)10/h6-8H,3-5H2,1-2H3. The average molecular weight is 142 g/mol. The summed E-state index contributed by atoms with van der Waals surface area (Å²) in [5, 5.41) is 0. The van der Waals surface area contributed by atoms with Crippen molar-refractivity contribution in [2.75, 3.05) is 0 Å². The predicted octanol–water partition coefficient (Wildman–Crippen LogP) is 2.78. The Labute approximate surface area is 61.8 Å². The highest BCUT2D eigenvalue weighted by Gasteiger charge is 2.53. The Hall–Kier alpha value is -0.0700. The van der Waals surface area contributed by atoms with Crippen LogP contribution in [0.5, 0.6) is 0 Å². The first-order valence-electron chi connectivity index (χ1n) is 4.31. The van der Waals surface area contributed by atoms with Crippen LogP contribution in [0.1, 0.15) is 33.1 Å². The zero-order valence-electron chi connectivity index (χ0n) is 6.73. The normalized spacial score (nSPS) is 59.7. The Morgan fingerprint density at radius 3 is 2.40 bits per heavy atom. The minimum Gasteiger partial charge on any atom is -0.244 e. The summed E-state index contributed by atoms with van der Waals surface area (Å²) in [5.74, 6) is 1.43. The van der Waals surface area contributed by atoms with E-state index in [1.807, 2.05) is 0 Å². The molecule has 0 N–H and O–H groups in total. The maximum absolute atomic E-state index is 13.7. The molecule has 10 heavy (non-hydrogen) atoms. The highest BCUT2D eigenvalue weighted by Crippen LogP contribution is 2.55. The molecule has 4 atom stereocenters. The maximum Gasteiger partial charge on any atom is 0.113 e. The Morgan fingerprint density at radius 1 is 1.40 bits per heavy atom. The van der Waals surface area contributed by atoms with E-state index in [-0.39, 0.29) is 0 Å². The van der Waals surface area contributed by atoms with Gasteiger partial charge < -0.3 is 0 Å². The van der Waals surface area contributed by atoms with E-state index >= 15 is 0 Å². The number of hydrogen-bond donors (Lipinski definition) is 0. The van der Waals surface area contributed by atoms with Gasteiger partial charge >= 0.3 is 0 Å². The molecule has 2 rings (SSSR count). The molecule has 0 amide bonds. The van der Waals surface area contributed by atoms with Crippen molar-refractivity contribution in [2.24, 2.45) is 17.8 Å². The van der Waals surface area contributed by atoms with Gasteiger partial charge in [-0.15, -0.1) is 0 Å². The molecule has 0 spiro atoms. The van der Waals surface area contributed by atoms with Crippen LogP contribution in [0.25, 0.3) is 0 Å². The van der Waals surface area contributed by atoms with Crippen molar-refractivity contribution >= 4 is 0 Å². The van der Waals surface area contributed by atoms with Gasteiger partial charge in [0, 0.05) is 0 Å². The monoisotopic (exact) mass is 142 g/mol. The van der Waals surface area contributed by atoms with Crippen molar-refractivity contribution in [1.82, 2.24) is 0 Å². The van der Waals surface area contributed by atoms with Crippen molar-refractivity contribution in [3.63, 3.8) is 0 Å². The lowest BCUT2D eigenvalue weighted by atomic mass is 9.79. The molecule has 0 radical (unpaired) electrons. The van der Waals surface area contributed by atoms with Crippen LogP contribution in [-0.2, 0) is 0 Å². The second kappa shape index (κ2) is 1.75. The molecule has 1 heteroatoms. The van der Waals surface area contributed by atoms with E-state index in [4.69, 9.17) is 0 Å². The molecule has 2 fully saturated rings. The Bertz CT molecular complexity index is 147. The van der Waals surface area contributed by atoms with Crippen molar-refractivity contribution in [3.05, 3.63) is 0 Å². The molecule has 2 saturated carbocycles. The second-order valence-corrected chi connectivity index (χ2v) is 4.21. The molecule has 0 aromatic heterocycles. The van der Waals surface area contributed by atoms with Gasteiger partial charge in [0.25, 0.3) is 0 Å². The van der Waals surface area contributed by atoms with Crippen LogP contribution in [0.4, 0.5) is 4.39 Å². The van der Waals surface area contributed by atoms with E-state index in [1.54, 1.807) is 6.92 Å². The number of hydrogen-bond acceptors (Lipinski definition) is 0. The molecule has 0 aromatic carbocycles. The van der Waals surface area contributed by atoms with Gasteiger partial charge in [0.1, 0.15) is 5.67 Å². The first-order valence-corrected chi connectivity index (χ1v) is 4.31. The third-order valence-corrected chi connectivity index (χ3v) is 3.87. The number of alkyl halides is 1. The molecular formula is C9H15F. The molecule has 4 unspecified atom stereocenters. The zero-order chi connectivity index (χ0) is 7.35. The summed E-state index contributed by atoms with van der Waals surface area (Å²) in [6.07, 6.45) is 3.58. The first kappa shape index (κ1) is 6.63. The highest BCUT2D eigenvalue weighted by molar-refractivity contribution is 5.03. The van der Waals surface area contributed by atoms with Gasteiger partial charge in [0.2, 0.25) is 0 Å². The third-order valence-electron chi connectivity index (χ3n) is 3.87. The van der Waals surface area contributed by atoms with Crippen LogP contribution >= 0.6 is 0 Å². The van der Waals surface area contributed by atoms with E-state index < -0.39 is 5.67 Å². The molecule has 0 nitrogen and oxygen atoms in total. The summed E-state index contributed by atoms with van der Waals surface area (Å²) in [6, 6.07) is 0. The summed E-state index contributed by atoms with van der Waals surface area (Å²) < 4.78 is 13.7. The van der Waals surface area contributed by atoms with Gasteiger partial charge in [0.15, 0.2) is 0 Å². The predicted molar refractivity (Wildman–Crippen MR) is 39.5 cm³/mol. The fourth-order valence-electron chi connectivity index (χ4n) is 2.82. The fraction of sp³-hybridized carbons (Fsp3) is 1.00. The van der Waals surface area contributed by atoms with Crippen LogP contribution in [-0.4, -0.2) is 5.67 Å². The summed E-state index contributed by atoms with van der Waals surface area (Å²) in [5.41, 5.74) is -0.830. The minimum absolute atomic E-state index is 0.325. The molecule has 2 aliphatic carbocycles. The van der Waals surface area contributed by atoms with Gasteiger partial charge in [-0.25, -0.2) is 4.39 Å².